The fourth-order valence-corrected chi connectivity index (χ4v) is 4.35. The summed E-state index contributed by atoms with van der Waals surface area (Å²) in [5.41, 5.74) is 0.440. The van der Waals surface area contributed by atoms with Crippen LogP contribution in [0.15, 0.2) is 36.4 Å². The smallest absolute Gasteiger partial charge is 0.228 e. The van der Waals surface area contributed by atoms with Crippen LogP contribution in [-0.4, -0.2) is 23.5 Å². The van der Waals surface area contributed by atoms with Gasteiger partial charge in [0, 0.05) is 34.9 Å². The second kappa shape index (κ2) is 5.10. The van der Waals surface area contributed by atoms with Crippen molar-refractivity contribution in [3.05, 3.63) is 47.0 Å². The molecule has 2 saturated heterocycles. The number of ether oxygens (including phenoxy) is 1. The molecule has 1 aromatic carbocycles. The van der Waals surface area contributed by atoms with E-state index in [0.29, 0.717) is 17.5 Å². The highest BCUT2D eigenvalue weighted by Crippen LogP contribution is 2.50. The Bertz CT molecular complexity index is 626. The molecular weight excluding hydrogens is 298 g/mol. The van der Waals surface area contributed by atoms with E-state index in [1.54, 1.807) is 0 Å². The predicted octanol–water partition coefficient (Wildman–Crippen LogP) is 3.73. The summed E-state index contributed by atoms with van der Waals surface area (Å²) in [4.78, 5) is 14.9. The molecule has 4 atom stereocenters. The zero-order valence-electron chi connectivity index (χ0n) is 12.7. The molecule has 0 N–H and O–H groups in total. The molecule has 0 spiro atoms. The number of carbonyl (C=O) groups is 1. The molecular formula is C18H20ClNO2. The summed E-state index contributed by atoms with van der Waals surface area (Å²) in [5, 5.41) is 0.707. The van der Waals surface area contributed by atoms with Crippen molar-refractivity contribution in [2.45, 2.75) is 38.0 Å². The molecule has 4 rings (SSSR count). The fraction of sp³-hybridized carbons (Fsp3) is 0.500. The van der Waals surface area contributed by atoms with E-state index in [1.807, 2.05) is 36.1 Å². The minimum absolute atomic E-state index is 0.000309. The number of hydrogen-bond acceptors (Lipinski definition) is 2. The minimum atomic E-state index is -0.604. The van der Waals surface area contributed by atoms with Crippen LogP contribution in [0.1, 0.15) is 31.7 Å². The third kappa shape index (κ3) is 1.95. The first-order chi connectivity index (χ1) is 10.6. The first-order valence-electron chi connectivity index (χ1n) is 8.00. The number of allylic oxidation sites excluding steroid dienone is 1. The van der Waals surface area contributed by atoms with Gasteiger partial charge in [0.25, 0.3) is 0 Å². The molecule has 0 aromatic heterocycles. The quantitative estimate of drug-likeness (QED) is 0.739. The number of halogens is 1. The molecule has 2 heterocycles. The number of fused-ring (bicyclic) bond motifs is 3. The Morgan fingerprint density at radius 3 is 2.73 bits per heavy atom. The maximum atomic E-state index is 12.8. The van der Waals surface area contributed by atoms with Gasteiger partial charge in [-0.2, -0.15) is 0 Å². The number of amides is 1. The maximum Gasteiger partial charge on any atom is 0.228 e. The lowest BCUT2D eigenvalue weighted by Gasteiger charge is -2.51. The highest BCUT2D eigenvalue weighted by molar-refractivity contribution is 6.30. The molecule has 4 heteroatoms. The SMILES string of the molecule is C[C@@H]1C[C@@]2(c3ccc(Cl)cc3)OCC3CC=CCC3N2C1=O. The maximum absolute atomic E-state index is 12.8. The second-order valence-electron chi connectivity index (χ2n) is 6.69. The summed E-state index contributed by atoms with van der Waals surface area (Å²) in [6, 6.07) is 8.02. The van der Waals surface area contributed by atoms with Crippen molar-refractivity contribution in [3.8, 4) is 0 Å². The average Bonchev–Trinajstić information content (AvgIpc) is 2.80. The number of hydrogen-bond donors (Lipinski definition) is 0. The van der Waals surface area contributed by atoms with E-state index in [9.17, 15) is 4.79 Å². The van der Waals surface area contributed by atoms with E-state index in [-0.39, 0.29) is 17.9 Å². The van der Waals surface area contributed by atoms with Crippen LogP contribution in [0.5, 0.6) is 0 Å². The van der Waals surface area contributed by atoms with Gasteiger partial charge in [-0.3, -0.25) is 4.79 Å². The highest BCUT2D eigenvalue weighted by atomic mass is 35.5. The first kappa shape index (κ1) is 14.3. The Kier molecular flexibility index (Phi) is 3.31. The number of nitrogens with zero attached hydrogens (tertiary/aromatic N) is 1. The van der Waals surface area contributed by atoms with Crippen molar-refractivity contribution >= 4 is 17.5 Å². The summed E-state index contributed by atoms with van der Waals surface area (Å²) >= 11 is 6.03. The summed E-state index contributed by atoms with van der Waals surface area (Å²) < 4.78 is 6.35. The van der Waals surface area contributed by atoms with Gasteiger partial charge in [-0.05, 0) is 25.0 Å². The molecule has 0 radical (unpaired) electrons. The molecule has 0 saturated carbocycles. The molecule has 3 aliphatic rings. The predicted molar refractivity (Wildman–Crippen MR) is 85.4 cm³/mol. The zero-order valence-corrected chi connectivity index (χ0v) is 13.4. The molecule has 116 valence electrons. The third-order valence-electron chi connectivity index (χ3n) is 5.32. The van der Waals surface area contributed by atoms with Crippen LogP contribution >= 0.6 is 11.6 Å². The summed E-state index contributed by atoms with van der Waals surface area (Å²) in [6.45, 7) is 2.73. The van der Waals surface area contributed by atoms with E-state index in [1.165, 1.54) is 0 Å². The van der Waals surface area contributed by atoms with Gasteiger partial charge >= 0.3 is 0 Å². The lowest BCUT2D eigenvalue weighted by atomic mass is 9.84. The van der Waals surface area contributed by atoms with Gasteiger partial charge in [-0.1, -0.05) is 42.8 Å². The standard InChI is InChI=1S/C18H20ClNO2/c1-12-10-18(14-6-8-15(19)9-7-14)20(17(12)21)16-5-3-2-4-13(16)11-22-18/h2-3,6-9,12-13,16H,4-5,10-11H2,1H3/t12-,13?,16?,18+/m1/s1. The lowest BCUT2D eigenvalue weighted by Crippen LogP contribution is -2.59. The van der Waals surface area contributed by atoms with Crippen LogP contribution in [0.4, 0.5) is 0 Å². The van der Waals surface area contributed by atoms with E-state index in [4.69, 9.17) is 16.3 Å². The molecule has 2 aliphatic heterocycles. The van der Waals surface area contributed by atoms with Crippen LogP contribution in [0, 0.1) is 11.8 Å². The van der Waals surface area contributed by atoms with E-state index in [0.717, 1.165) is 24.8 Å². The molecule has 22 heavy (non-hydrogen) atoms. The van der Waals surface area contributed by atoms with E-state index < -0.39 is 5.72 Å². The molecule has 1 amide bonds. The molecule has 1 aliphatic carbocycles. The highest BCUT2D eigenvalue weighted by Gasteiger charge is 2.57. The third-order valence-corrected chi connectivity index (χ3v) is 5.57. The van der Waals surface area contributed by atoms with E-state index >= 15 is 0 Å². The van der Waals surface area contributed by atoms with Gasteiger partial charge in [0.1, 0.15) is 0 Å². The van der Waals surface area contributed by atoms with Crippen molar-refractivity contribution in [2.24, 2.45) is 11.8 Å². The molecule has 1 aromatic rings. The summed E-state index contributed by atoms with van der Waals surface area (Å²) in [6.07, 6.45) is 7.07. The van der Waals surface area contributed by atoms with E-state index in [2.05, 4.69) is 12.2 Å². The number of rotatable bonds is 1. The van der Waals surface area contributed by atoms with Crippen LogP contribution in [0.3, 0.4) is 0 Å². The van der Waals surface area contributed by atoms with Gasteiger partial charge in [0.15, 0.2) is 5.72 Å². The van der Waals surface area contributed by atoms with Crippen molar-refractivity contribution < 1.29 is 9.53 Å². The lowest BCUT2D eigenvalue weighted by molar-refractivity contribution is -0.216. The molecule has 0 bridgehead atoms. The van der Waals surface area contributed by atoms with Crippen LogP contribution in [-0.2, 0) is 15.3 Å². The molecule has 2 unspecified atom stereocenters. The van der Waals surface area contributed by atoms with Gasteiger partial charge in [0.05, 0.1) is 6.61 Å². The van der Waals surface area contributed by atoms with Crippen LogP contribution in [0.25, 0.3) is 0 Å². The largest absolute Gasteiger partial charge is 0.351 e. The van der Waals surface area contributed by atoms with Crippen molar-refractivity contribution in [3.63, 3.8) is 0 Å². The Labute approximate surface area is 135 Å². The van der Waals surface area contributed by atoms with Gasteiger partial charge in [-0.15, -0.1) is 0 Å². The Hall–Kier alpha value is -1.32. The summed E-state index contributed by atoms with van der Waals surface area (Å²) in [5.74, 6) is 0.639. The van der Waals surface area contributed by atoms with Gasteiger partial charge in [-0.25, -0.2) is 0 Å². The normalized spacial score (nSPS) is 37.1. The number of carbonyl (C=O) groups excluding carboxylic acids is 1. The Balaban J connectivity index is 1.80. The minimum Gasteiger partial charge on any atom is -0.351 e. The zero-order chi connectivity index (χ0) is 15.3. The van der Waals surface area contributed by atoms with Crippen LogP contribution < -0.4 is 0 Å². The van der Waals surface area contributed by atoms with Gasteiger partial charge < -0.3 is 9.64 Å². The van der Waals surface area contributed by atoms with Crippen molar-refractivity contribution in [2.75, 3.05) is 6.61 Å². The van der Waals surface area contributed by atoms with Crippen molar-refractivity contribution in [1.29, 1.82) is 0 Å². The summed E-state index contributed by atoms with van der Waals surface area (Å²) in [7, 11) is 0. The van der Waals surface area contributed by atoms with Crippen molar-refractivity contribution in [1.82, 2.24) is 4.90 Å². The first-order valence-corrected chi connectivity index (χ1v) is 8.38. The Morgan fingerprint density at radius 2 is 1.95 bits per heavy atom. The fourth-order valence-electron chi connectivity index (χ4n) is 4.22. The second-order valence-corrected chi connectivity index (χ2v) is 7.12. The molecule has 2 fully saturated rings. The molecule has 3 nitrogen and oxygen atoms in total. The average molecular weight is 318 g/mol. The van der Waals surface area contributed by atoms with Gasteiger partial charge in [0.2, 0.25) is 5.91 Å². The van der Waals surface area contributed by atoms with Crippen LogP contribution in [0.2, 0.25) is 5.02 Å². The monoisotopic (exact) mass is 317 g/mol. The Morgan fingerprint density at radius 1 is 1.23 bits per heavy atom. The number of benzene rings is 1. The topological polar surface area (TPSA) is 29.5 Å².